The molecular formula is C13H17Cl2NO2. The van der Waals surface area contributed by atoms with Gasteiger partial charge in [-0.3, -0.25) is 0 Å². The Bertz CT molecular complexity index is 423. The normalized spacial score (nSPS) is 12.2. The molecule has 0 aliphatic carbocycles. The van der Waals surface area contributed by atoms with Crippen LogP contribution in [0.2, 0.25) is 10.0 Å². The summed E-state index contributed by atoms with van der Waals surface area (Å²) < 4.78 is 0. The quantitative estimate of drug-likeness (QED) is 0.858. The van der Waals surface area contributed by atoms with Crippen molar-refractivity contribution in [1.29, 1.82) is 0 Å². The summed E-state index contributed by atoms with van der Waals surface area (Å²) in [6.45, 7) is 4.54. The fourth-order valence-corrected chi connectivity index (χ4v) is 2.19. The van der Waals surface area contributed by atoms with Crippen molar-refractivity contribution in [2.45, 2.75) is 32.7 Å². The predicted molar refractivity (Wildman–Crippen MR) is 75.8 cm³/mol. The van der Waals surface area contributed by atoms with E-state index in [0.29, 0.717) is 23.0 Å². The molecule has 0 heterocycles. The van der Waals surface area contributed by atoms with Crippen LogP contribution >= 0.6 is 23.2 Å². The summed E-state index contributed by atoms with van der Waals surface area (Å²) in [5.74, 6) is -0.822. The first-order valence-corrected chi connectivity index (χ1v) is 6.71. The number of rotatable bonds is 6. The minimum atomic E-state index is -0.822. The summed E-state index contributed by atoms with van der Waals surface area (Å²) in [6, 6.07) is 4.67. The molecule has 1 rings (SSSR count). The SMILES string of the molecule is CCCN(c1ccc(Cl)c(Cl)c1)[C@H](CC)C(=O)O. The van der Waals surface area contributed by atoms with Gasteiger partial charge in [-0.2, -0.15) is 0 Å². The Kier molecular flexibility index (Phi) is 5.76. The molecule has 0 fully saturated rings. The van der Waals surface area contributed by atoms with Crippen LogP contribution in [0.1, 0.15) is 26.7 Å². The molecule has 1 aromatic carbocycles. The molecule has 0 unspecified atom stereocenters. The topological polar surface area (TPSA) is 40.5 Å². The van der Waals surface area contributed by atoms with Crippen LogP contribution in [0, 0.1) is 0 Å². The van der Waals surface area contributed by atoms with Crippen LogP contribution in [0.25, 0.3) is 0 Å². The third-order valence-electron chi connectivity index (χ3n) is 2.75. The lowest BCUT2D eigenvalue weighted by Crippen LogP contribution is -2.41. The summed E-state index contributed by atoms with van der Waals surface area (Å²) in [7, 11) is 0. The lowest BCUT2D eigenvalue weighted by Gasteiger charge is -2.30. The minimum Gasteiger partial charge on any atom is -0.480 e. The maximum atomic E-state index is 11.3. The van der Waals surface area contributed by atoms with Crippen molar-refractivity contribution in [2.24, 2.45) is 0 Å². The Balaban J connectivity index is 3.10. The van der Waals surface area contributed by atoms with Gasteiger partial charge >= 0.3 is 5.97 Å². The molecule has 0 saturated carbocycles. The van der Waals surface area contributed by atoms with Crippen LogP contribution in [0.4, 0.5) is 5.69 Å². The van der Waals surface area contributed by atoms with Crippen LogP contribution < -0.4 is 4.90 Å². The second kappa shape index (κ2) is 6.86. The standard InChI is InChI=1S/C13H17Cl2NO2/c1-3-7-16(12(4-2)13(17)18)9-5-6-10(14)11(15)8-9/h5-6,8,12H,3-4,7H2,1-2H3,(H,17,18)/t12-/m1/s1. The molecule has 0 aliphatic heterocycles. The van der Waals surface area contributed by atoms with E-state index in [1.54, 1.807) is 18.2 Å². The monoisotopic (exact) mass is 289 g/mol. The summed E-state index contributed by atoms with van der Waals surface area (Å²) in [6.07, 6.45) is 1.40. The van der Waals surface area contributed by atoms with Gasteiger partial charge in [-0.15, -0.1) is 0 Å². The highest BCUT2D eigenvalue weighted by atomic mass is 35.5. The molecule has 1 aromatic rings. The summed E-state index contributed by atoms with van der Waals surface area (Å²) in [5, 5.41) is 10.2. The molecule has 18 heavy (non-hydrogen) atoms. The summed E-state index contributed by atoms with van der Waals surface area (Å²) in [4.78, 5) is 13.1. The summed E-state index contributed by atoms with van der Waals surface area (Å²) >= 11 is 11.9. The second-order valence-corrected chi connectivity index (χ2v) is 4.87. The number of nitrogens with zero attached hydrogens (tertiary/aromatic N) is 1. The average Bonchev–Trinajstić information content (AvgIpc) is 2.32. The molecule has 0 radical (unpaired) electrons. The lowest BCUT2D eigenvalue weighted by molar-refractivity contribution is -0.138. The highest BCUT2D eigenvalue weighted by Gasteiger charge is 2.23. The number of carboxylic acids is 1. The molecule has 0 aliphatic rings. The Hall–Kier alpha value is -0.930. The van der Waals surface area contributed by atoms with Gasteiger partial charge < -0.3 is 10.0 Å². The van der Waals surface area contributed by atoms with Crippen molar-refractivity contribution in [3.05, 3.63) is 28.2 Å². The number of hydrogen-bond acceptors (Lipinski definition) is 2. The molecule has 1 N–H and O–H groups in total. The van der Waals surface area contributed by atoms with Crippen molar-refractivity contribution in [3.63, 3.8) is 0 Å². The number of benzene rings is 1. The molecule has 0 spiro atoms. The van der Waals surface area contributed by atoms with E-state index in [4.69, 9.17) is 23.2 Å². The minimum absolute atomic E-state index is 0.440. The highest BCUT2D eigenvalue weighted by molar-refractivity contribution is 6.42. The Labute approximate surface area is 117 Å². The van der Waals surface area contributed by atoms with Gasteiger partial charge in [0.05, 0.1) is 10.0 Å². The summed E-state index contributed by atoms with van der Waals surface area (Å²) in [5.41, 5.74) is 0.792. The second-order valence-electron chi connectivity index (χ2n) is 4.05. The van der Waals surface area contributed by atoms with Crippen molar-refractivity contribution < 1.29 is 9.90 Å². The van der Waals surface area contributed by atoms with Gasteiger partial charge in [0.25, 0.3) is 0 Å². The van der Waals surface area contributed by atoms with Gasteiger partial charge in [-0.1, -0.05) is 37.0 Å². The zero-order chi connectivity index (χ0) is 13.7. The zero-order valence-corrected chi connectivity index (χ0v) is 12.0. The maximum Gasteiger partial charge on any atom is 0.326 e. The van der Waals surface area contributed by atoms with Crippen LogP contribution in [0.5, 0.6) is 0 Å². The van der Waals surface area contributed by atoms with Gasteiger partial charge in [0.1, 0.15) is 6.04 Å². The van der Waals surface area contributed by atoms with Gasteiger partial charge in [-0.05, 0) is 31.0 Å². The highest BCUT2D eigenvalue weighted by Crippen LogP contribution is 2.28. The van der Waals surface area contributed by atoms with Gasteiger partial charge in [0, 0.05) is 12.2 Å². The van der Waals surface area contributed by atoms with Gasteiger partial charge in [0.2, 0.25) is 0 Å². The van der Waals surface area contributed by atoms with E-state index < -0.39 is 12.0 Å². The third-order valence-corrected chi connectivity index (χ3v) is 3.49. The van der Waals surface area contributed by atoms with Crippen LogP contribution in [-0.2, 0) is 4.79 Å². The molecule has 0 saturated heterocycles. The molecule has 0 bridgehead atoms. The molecule has 0 aromatic heterocycles. The van der Waals surface area contributed by atoms with E-state index >= 15 is 0 Å². The van der Waals surface area contributed by atoms with E-state index in [1.165, 1.54) is 0 Å². The average molecular weight is 290 g/mol. The number of carboxylic acid groups (broad SMARTS) is 1. The van der Waals surface area contributed by atoms with Crippen LogP contribution in [-0.4, -0.2) is 23.7 Å². The first-order valence-electron chi connectivity index (χ1n) is 5.95. The molecule has 5 heteroatoms. The van der Waals surface area contributed by atoms with E-state index in [-0.39, 0.29) is 0 Å². The number of carbonyl (C=O) groups is 1. The van der Waals surface area contributed by atoms with E-state index in [2.05, 4.69) is 0 Å². The Morgan fingerprint density at radius 1 is 1.33 bits per heavy atom. The van der Waals surface area contributed by atoms with Crippen molar-refractivity contribution in [2.75, 3.05) is 11.4 Å². The first kappa shape index (κ1) is 15.1. The molecule has 0 amide bonds. The largest absolute Gasteiger partial charge is 0.480 e. The number of halogens is 2. The zero-order valence-electron chi connectivity index (χ0n) is 10.5. The third kappa shape index (κ3) is 3.53. The van der Waals surface area contributed by atoms with E-state index in [0.717, 1.165) is 12.1 Å². The van der Waals surface area contributed by atoms with Crippen LogP contribution in [0.15, 0.2) is 18.2 Å². The first-order chi connectivity index (χ1) is 8.51. The predicted octanol–water partition coefficient (Wildman–Crippen LogP) is 4.07. The maximum absolute atomic E-state index is 11.3. The van der Waals surface area contributed by atoms with Crippen molar-refractivity contribution in [1.82, 2.24) is 0 Å². The fourth-order valence-electron chi connectivity index (χ4n) is 1.90. The van der Waals surface area contributed by atoms with Crippen LogP contribution in [0.3, 0.4) is 0 Å². The van der Waals surface area contributed by atoms with Crippen molar-refractivity contribution in [3.8, 4) is 0 Å². The van der Waals surface area contributed by atoms with E-state index in [9.17, 15) is 9.90 Å². The molecular weight excluding hydrogens is 273 g/mol. The van der Waals surface area contributed by atoms with E-state index in [1.807, 2.05) is 18.7 Å². The lowest BCUT2D eigenvalue weighted by atomic mass is 10.1. The fraction of sp³-hybridized carbons (Fsp3) is 0.462. The van der Waals surface area contributed by atoms with Crippen molar-refractivity contribution >= 4 is 34.9 Å². The number of hydrogen-bond donors (Lipinski definition) is 1. The Morgan fingerprint density at radius 3 is 2.44 bits per heavy atom. The van der Waals surface area contributed by atoms with Gasteiger partial charge in [-0.25, -0.2) is 4.79 Å². The van der Waals surface area contributed by atoms with Gasteiger partial charge in [0.15, 0.2) is 0 Å². The molecule has 100 valence electrons. The molecule has 3 nitrogen and oxygen atoms in total. The Morgan fingerprint density at radius 2 is 2.00 bits per heavy atom. The smallest absolute Gasteiger partial charge is 0.326 e. The molecule has 1 atom stereocenters. The number of aliphatic carboxylic acids is 1. The number of anilines is 1.